The highest BCUT2D eigenvalue weighted by Crippen LogP contribution is 2.36. The van der Waals surface area contributed by atoms with E-state index in [4.69, 9.17) is 14.6 Å². The highest BCUT2D eigenvalue weighted by molar-refractivity contribution is 6.00. The van der Waals surface area contributed by atoms with Crippen LogP contribution in [0.15, 0.2) is 67.1 Å². The molecule has 1 fully saturated rings. The SMILES string of the molecule is CCC(=C(c1cnc(OCCNC(=O)O)nc1)c1ccc2c(cnn2C2CCCCO2)c1)c1ccccc1. The monoisotopic (exact) mass is 513 g/mol. The molecule has 0 bridgehead atoms. The molecule has 9 heteroatoms. The van der Waals surface area contributed by atoms with Crippen LogP contribution in [0.3, 0.4) is 0 Å². The van der Waals surface area contributed by atoms with E-state index in [2.05, 4.69) is 57.6 Å². The zero-order chi connectivity index (χ0) is 26.3. The molecule has 2 aromatic heterocycles. The van der Waals surface area contributed by atoms with Gasteiger partial charge in [-0.3, -0.25) is 0 Å². The number of fused-ring (bicyclic) bond motifs is 1. The van der Waals surface area contributed by atoms with Gasteiger partial charge in [0.25, 0.3) is 0 Å². The van der Waals surface area contributed by atoms with Crippen molar-refractivity contribution in [2.45, 2.75) is 38.8 Å². The first-order valence-corrected chi connectivity index (χ1v) is 12.9. The molecule has 196 valence electrons. The van der Waals surface area contributed by atoms with Crippen LogP contribution in [-0.4, -0.2) is 50.7 Å². The summed E-state index contributed by atoms with van der Waals surface area (Å²) in [7, 11) is 0. The summed E-state index contributed by atoms with van der Waals surface area (Å²) in [6, 6.07) is 16.9. The minimum atomic E-state index is -1.10. The number of carboxylic acid groups (broad SMARTS) is 1. The fraction of sp³-hybridized carbons (Fsp3) is 0.310. The summed E-state index contributed by atoms with van der Waals surface area (Å²) in [5, 5.41) is 16.7. The van der Waals surface area contributed by atoms with Crippen molar-refractivity contribution in [1.29, 1.82) is 0 Å². The van der Waals surface area contributed by atoms with Gasteiger partial charge in [0, 0.05) is 30.0 Å². The van der Waals surface area contributed by atoms with Crippen molar-refractivity contribution in [3.05, 3.63) is 83.8 Å². The number of hydrogen-bond donors (Lipinski definition) is 2. The van der Waals surface area contributed by atoms with Gasteiger partial charge in [-0.2, -0.15) is 5.10 Å². The molecule has 1 amide bonds. The molecule has 0 aliphatic carbocycles. The van der Waals surface area contributed by atoms with Gasteiger partial charge in [-0.15, -0.1) is 0 Å². The molecule has 1 atom stereocenters. The fourth-order valence-electron chi connectivity index (χ4n) is 4.85. The third-order valence-electron chi connectivity index (χ3n) is 6.62. The Labute approximate surface area is 221 Å². The molecule has 1 unspecified atom stereocenters. The number of allylic oxidation sites excluding steroid dienone is 1. The maximum Gasteiger partial charge on any atom is 0.404 e. The second kappa shape index (κ2) is 11.9. The predicted molar refractivity (Wildman–Crippen MR) is 145 cm³/mol. The van der Waals surface area contributed by atoms with Gasteiger partial charge < -0.3 is 19.9 Å². The number of nitrogens with one attached hydrogen (secondary N) is 1. The van der Waals surface area contributed by atoms with Crippen LogP contribution in [-0.2, 0) is 4.74 Å². The summed E-state index contributed by atoms with van der Waals surface area (Å²) >= 11 is 0. The van der Waals surface area contributed by atoms with Crippen LogP contribution >= 0.6 is 0 Å². The Bertz CT molecular complexity index is 1410. The van der Waals surface area contributed by atoms with Crippen molar-refractivity contribution < 1.29 is 19.4 Å². The predicted octanol–water partition coefficient (Wildman–Crippen LogP) is 5.54. The lowest BCUT2D eigenvalue weighted by Crippen LogP contribution is -2.26. The number of carbonyl (C=O) groups is 1. The van der Waals surface area contributed by atoms with E-state index < -0.39 is 6.09 Å². The molecule has 9 nitrogen and oxygen atoms in total. The number of nitrogens with zero attached hydrogens (tertiary/aromatic N) is 4. The number of hydrogen-bond acceptors (Lipinski definition) is 6. The second-order valence-corrected chi connectivity index (χ2v) is 9.09. The molecule has 38 heavy (non-hydrogen) atoms. The maximum atomic E-state index is 10.6. The quantitative estimate of drug-likeness (QED) is 0.223. The van der Waals surface area contributed by atoms with Gasteiger partial charge in [-0.05, 0) is 60.1 Å². The Morgan fingerprint density at radius 2 is 1.89 bits per heavy atom. The van der Waals surface area contributed by atoms with Gasteiger partial charge >= 0.3 is 12.1 Å². The number of ether oxygens (including phenoxy) is 2. The van der Waals surface area contributed by atoms with Gasteiger partial charge in [0.1, 0.15) is 6.61 Å². The molecule has 0 spiro atoms. The molecule has 0 radical (unpaired) electrons. The van der Waals surface area contributed by atoms with Crippen molar-refractivity contribution >= 4 is 28.1 Å². The topological polar surface area (TPSA) is 111 Å². The Morgan fingerprint density at radius 3 is 2.61 bits per heavy atom. The third kappa shape index (κ3) is 5.68. The van der Waals surface area contributed by atoms with Crippen molar-refractivity contribution in [2.75, 3.05) is 19.8 Å². The summed E-state index contributed by atoms with van der Waals surface area (Å²) in [6.45, 7) is 3.21. The van der Waals surface area contributed by atoms with Crippen LogP contribution in [0.1, 0.15) is 55.5 Å². The molecule has 2 N–H and O–H groups in total. The van der Waals surface area contributed by atoms with Crippen molar-refractivity contribution in [3.8, 4) is 6.01 Å². The summed E-state index contributed by atoms with van der Waals surface area (Å²) in [5.41, 5.74) is 6.32. The molecular formula is C29H31N5O4. The minimum absolute atomic E-state index is 0.0238. The van der Waals surface area contributed by atoms with Crippen LogP contribution in [0.4, 0.5) is 4.79 Å². The average molecular weight is 514 g/mol. The number of amides is 1. The first-order chi connectivity index (χ1) is 18.6. The lowest BCUT2D eigenvalue weighted by Gasteiger charge is -2.23. The van der Waals surface area contributed by atoms with Crippen LogP contribution in [0.2, 0.25) is 0 Å². The summed E-state index contributed by atoms with van der Waals surface area (Å²) < 4.78 is 13.5. The molecule has 3 heterocycles. The lowest BCUT2D eigenvalue weighted by atomic mass is 9.89. The Morgan fingerprint density at radius 1 is 1.08 bits per heavy atom. The fourth-order valence-corrected chi connectivity index (χ4v) is 4.85. The van der Waals surface area contributed by atoms with Crippen molar-refractivity contribution in [2.24, 2.45) is 0 Å². The van der Waals surface area contributed by atoms with E-state index in [9.17, 15) is 4.79 Å². The maximum absolute atomic E-state index is 10.6. The average Bonchev–Trinajstić information content (AvgIpc) is 3.39. The number of rotatable bonds is 9. The summed E-state index contributed by atoms with van der Waals surface area (Å²) in [6.07, 6.45) is 8.31. The molecule has 1 saturated heterocycles. The van der Waals surface area contributed by atoms with Gasteiger partial charge in [-0.25, -0.2) is 19.4 Å². The van der Waals surface area contributed by atoms with Gasteiger partial charge in [0.15, 0.2) is 6.23 Å². The van der Waals surface area contributed by atoms with Crippen LogP contribution < -0.4 is 10.1 Å². The van der Waals surface area contributed by atoms with E-state index in [0.29, 0.717) is 0 Å². The molecular weight excluding hydrogens is 482 g/mol. The Hall–Kier alpha value is -4.24. The number of benzene rings is 2. The van der Waals surface area contributed by atoms with Crippen LogP contribution in [0, 0.1) is 0 Å². The Balaban J connectivity index is 1.52. The van der Waals surface area contributed by atoms with E-state index in [1.54, 1.807) is 12.4 Å². The first-order valence-electron chi connectivity index (χ1n) is 12.9. The van der Waals surface area contributed by atoms with Crippen molar-refractivity contribution in [1.82, 2.24) is 25.1 Å². The lowest BCUT2D eigenvalue weighted by molar-refractivity contribution is -0.0366. The third-order valence-corrected chi connectivity index (χ3v) is 6.62. The van der Waals surface area contributed by atoms with Crippen LogP contribution in [0.25, 0.3) is 22.0 Å². The second-order valence-electron chi connectivity index (χ2n) is 9.09. The smallest absolute Gasteiger partial charge is 0.404 e. The molecule has 0 saturated carbocycles. The summed E-state index contributed by atoms with van der Waals surface area (Å²) in [5.74, 6) is 0. The molecule has 2 aromatic carbocycles. The Kier molecular flexibility index (Phi) is 7.94. The first kappa shape index (κ1) is 25.4. The van der Waals surface area contributed by atoms with E-state index in [1.807, 2.05) is 29.1 Å². The molecule has 4 aromatic rings. The standard InChI is InChI=1S/C29H31N5O4/c1-2-24(20-8-4-3-5-9-20)27(23-17-31-28(32-18-23)38-15-13-30-29(35)36)21-11-12-25-22(16-21)19-33-34(25)26-10-6-7-14-37-26/h3-5,8-9,11-12,16-19,26,30H,2,6-7,10,13-15H2,1H3,(H,35,36). The molecule has 5 rings (SSSR count). The van der Waals surface area contributed by atoms with E-state index in [1.165, 1.54) is 5.57 Å². The number of aromatic nitrogens is 4. The summed E-state index contributed by atoms with van der Waals surface area (Å²) in [4.78, 5) is 19.4. The van der Waals surface area contributed by atoms with Gasteiger partial charge in [-0.1, -0.05) is 43.3 Å². The van der Waals surface area contributed by atoms with Gasteiger partial charge in [0.2, 0.25) is 0 Å². The van der Waals surface area contributed by atoms with Gasteiger partial charge in [0.05, 0.1) is 18.3 Å². The van der Waals surface area contributed by atoms with E-state index in [-0.39, 0.29) is 25.4 Å². The normalized spacial score (nSPS) is 16.2. The molecule has 1 aliphatic heterocycles. The molecule has 1 aliphatic rings. The highest BCUT2D eigenvalue weighted by Gasteiger charge is 2.20. The zero-order valence-electron chi connectivity index (χ0n) is 21.3. The van der Waals surface area contributed by atoms with Crippen molar-refractivity contribution in [3.63, 3.8) is 0 Å². The highest BCUT2D eigenvalue weighted by atomic mass is 16.5. The van der Waals surface area contributed by atoms with E-state index >= 15 is 0 Å². The van der Waals surface area contributed by atoms with E-state index in [0.717, 1.165) is 65.5 Å². The minimum Gasteiger partial charge on any atom is -0.465 e. The zero-order valence-corrected chi connectivity index (χ0v) is 21.3. The van der Waals surface area contributed by atoms with Crippen LogP contribution in [0.5, 0.6) is 6.01 Å². The largest absolute Gasteiger partial charge is 0.465 e.